The van der Waals surface area contributed by atoms with E-state index < -0.39 is 34.5 Å². The van der Waals surface area contributed by atoms with Gasteiger partial charge in [-0.2, -0.15) is 0 Å². The first-order valence-electron chi connectivity index (χ1n) is 8.78. The predicted octanol–water partition coefficient (Wildman–Crippen LogP) is 0.641. The molecule has 0 saturated carbocycles. The van der Waals surface area contributed by atoms with Crippen LogP contribution in [0.3, 0.4) is 0 Å². The summed E-state index contributed by atoms with van der Waals surface area (Å²) >= 11 is 0. The number of nitrogens with one attached hydrogen (secondary N) is 1. The monoisotopic (exact) mass is 413 g/mol. The Hall–Kier alpha value is -2.46. The quantitative estimate of drug-likeness (QED) is 0.570. The van der Waals surface area contributed by atoms with Crippen molar-refractivity contribution in [1.29, 1.82) is 0 Å². The molecule has 0 fully saturated rings. The maximum absolute atomic E-state index is 12.5. The van der Waals surface area contributed by atoms with Crippen molar-refractivity contribution in [2.45, 2.75) is 57.7 Å². The summed E-state index contributed by atoms with van der Waals surface area (Å²) in [7, 11) is -3.93. The van der Waals surface area contributed by atoms with Gasteiger partial charge in [-0.15, -0.1) is 0 Å². The van der Waals surface area contributed by atoms with Crippen LogP contribution in [0.15, 0.2) is 29.2 Å². The Morgan fingerprint density at radius 3 is 1.96 bits per heavy atom. The van der Waals surface area contributed by atoms with Crippen molar-refractivity contribution in [2.24, 2.45) is 5.73 Å². The molecule has 9 nitrogen and oxygen atoms in total. The molecule has 0 heterocycles. The van der Waals surface area contributed by atoms with Crippen molar-refractivity contribution in [3.05, 3.63) is 29.8 Å². The molecule has 28 heavy (non-hydrogen) atoms. The number of sulfonamides is 1. The first-order valence-corrected chi connectivity index (χ1v) is 10.3. The lowest BCUT2D eigenvalue weighted by molar-refractivity contribution is -0.143. The number of nitrogens with zero attached hydrogens (tertiary/aromatic N) is 1. The molecule has 1 aromatic rings. The summed E-state index contributed by atoms with van der Waals surface area (Å²) in [4.78, 5) is 37.0. The Balaban J connectivity index is 2.85. The van der Waals surface area contributed by atoms with Crippen LogP contribution in [0.5, 0.6) is 0 Å². The fraction of sp³-hybridized carbons (Fsp3) is 0.500. The molecule has 0 saturated heterocycles. The normalized spacial score (nSPS) is 12.7. The SMILES string of the molecule is CC(C)N(C(=O)[C@@H](C)OC(=O)c1ccc(S(=O)(=O)NCC(N)=O)cc1)C(C)C. The molecular weight excluding hydrogens is 386 g/mol. The van der Waals surface area contributed by atoms with E-state index in [-0.39, 0.29) is 28.4 Å². The van der Waals surface area contributed by atoms with Crippen LogP contribution in [-0.4, -0.2) is 55.8 Å². The van der Waals surface area contributed by atoms with Gasteiger partial charge >= 0.3 is 5.97 Å². The molecular formula is C18H27N3O6S. The average molecular weight is 413 g/mol. The molecule has 0 aromatic heterocycles. The summed E-state index contributed by atoms with van der Waals surface area (Å²) < 4.78 is 31.3. The molecule has 1 atom stereocenters. The standard InChI is InChI=1S/C18H27N3O6S/c1-11(2)21(12(3)4)17(23)13(5)27-18(24)14-6-8-15(9-7-14)28(25,26)20-10-16(19)22/h6-9,11-13,20H,10H2,1-5H3,(H2,19,22)/t13-/m1/s1. The molecule has 156 valence electrons. The van der Waals surface area contributed by atoms with E-state index in [2.05, 4.69) is 0 Å². The highest BCUT2D eigenvalue weighted by molar-refractivity contribution is 7.89. The Bertz CT molecular complexity index is 810. The molecule has 1 rings (SSSR count). The van der Waals surface area contributed by atoms with Crippen LogP contribution >= 0.6 is 0 Å². The molecule has 1 aromatic carbocycles. The fourth-order valence-corrected chi connectivity index (χ4v) is 3.61. The lowest BCUT2D eigenvalue weighted by atomic mass is 10.2. The summed E-state index contributed by atoms with van der Waals surface area (Å²) in [5.41, 5.74) is 5.00. The number of rotatable bonds is 9. The molecule has 0 spiro atoms. The molecule has 0 aliphatic heterocycles. The van der Waals surface area contributed by atoms with E-state index in [0.717, 1.165) is 0 Å². The lowest BCUT2D eigenvalue weighted by Crippen LogP contribution is -2.47. The number of nitrogens with two attached hydrogens (primary N) is 1. The summed E-state index contributed by atoms with van der Waals surface area (Å²) in [6, 6.07) is 4.82. The van der Waals surface area contributed by atoms with Gasteiger partial charge in [-0.05, 0) is 58.9 Å². The van der Waals surface area contributed by atoms with Gasteiger partial charge in [0, 0.05) is 12.1 Å². The Morgan fingerprint density at radius 2 is 1.54 bits per heavy atom. The van der Waals surface area contributed by atoms with Crippen LogP contribution in [0.1, 0.15) is 45.0 Å². The highest BCUT2D eigenvalue weighted by Crippen LogP contribution is 2.14. The van der Waals surface area contributed by atoms with E-state index in [4.69, 9.17) is 10.5 Å². The van der Waals surface area contributed by atoms with Gasteiger partial charge in [-0.25, -0.2) is 17.9 Å². The molecule has 3 N–H and O–H groups in total. The Labute approximate surface area is 165 Å². The van der Waals surface area contributed by atoms with Crippen molar-refractivity contribution in [2.75, 3.05) is 6.54 Å². The second kappa shape index (κ2) is 9.65. The third kappa shape index (κ3) is 6.31. The minimum absolute atomic E-state index is 0.0500. The van der Waals surface area contributed by atoms with E-state index in [1.54, 1.807) is 4.90 Å². The number of carbonyl (C=O) groups excluding carboxylic acids is 3. The van der Waals surface area contributed by atoms with Crippen LogP contribution < -0.4 is 10.5 Å². The van der Waals surface area contributed by atoms with Crippen molar-refractivity contribution < 1.29 is 27.5 Å². The zero-order chi connectivity index (χ0) is 21.6. The molecule has 2 amide bonds. The van der Waals surface area contributed by atoms with Crippen molar-refractivity contribution >= 4 is 27.8 Å². The fourth-order valence-electron chi connectivity index (χ4n) is 2.61. The maximum atomic E-state index is 12.5. The van der Waals surface area contributed by atoms with E-state index in [1.165, 1.54) is 31.2 Å². The number of hydrogen-bond acceptors (Lipinski definition) is 6. The largest absolute Gasteiger partial charge is 0.449 e. The first kappa shape index (κ1) is 23.6. The number of primary amides is 1. The summed E-state index contributed by atoms with van der Waals surface area (Å²) in [6.45, 7) is 8.45. The lowest BCUT2D eigenvalue weighted by Gasteiger charge is -2.32. The summed E-state index contributed by atoms with van der Waals surface area (Å²) in [5.74, 6) is -1.88. The third-order valence-electron chi connectivity index (χ3n) is 3.84. The van der Waals surface area contributed by atoms with Gasteiger partial charge in [-0.3, -0.25) is 9.59 Å². The van der Waals surface area contributed by atoms with Crippen molar-refractivity contribution in [3.63, 3.8) is 0 Å². The molecule has 0 radical (unpaired) electrons. The summed E-state index contributed by atoms with van der Waals surface area (Å²) in [6.07, 6.45) is -0.988. The van der Waals surface area contributed by atoms with Crippen LogP contribution in [0, 0.1) is 0 Å². The highest BCUT2D eigenvalue weighted by Gasteiger charge is 2.28. The second-order valence-corrected chi connectivity index (χ2v) is 8.56. The molecule has 0 aliphatic rings. The van der Waals surface area contributed by atoms with Gasteiger partial charge in [0.2, 0.25) is 15.9 Å². The molecule has 0 aliphatic carbocycles. The highest BCUT2D eigenvalue weighted by atomic mass is 32.2. The zero-order valence-electron chi connectivity index (χ0n) is 16.6. The number of esters is 1. The van der Waals surface area contributed by atoms with Crippen LogP contribution in [0.2, 0.25) is 0 Å². The van der Waals surface area contributed by atoms with Gasteiger partial charge in [0.1, 0.15) is 0 Å². The van der Waals surface area contributed by atoms with E-state index in [1.807, 2.05) is 32.4 Å². The van der Waals surface area contributed by atoms with Gasteiger partial charge in [0.25, 0.3) is 5.91 Å². The third-order valence-corrected chi connectivity index (χ3v) is 5.25. The predicted molar refractivity (Wildman–Crippen MR) is 103 cm³/mol. The van der Waals surface area contributed by atoms with Crippen molar-refractivity contribution in [3.8, 4) is 0 Å². The molecule has 0 bridgehead atoms. The number of hydrogen-bond donors (Lipinski definition) is 2. The maximum Gasteiger partial charge on any atom is 0.338 e. The smallest absolute Gasteiger partial charge is 0.338 e. The van der Waals surface area contributed by atoms with Gasteiger partial charge in [0.05, 0.1) is 17.0 Å². The van der Waals surface area contributed by atoms with Gasteiger partial charge in [-0.1, -0.05) is 0 Å². The molecule has 10 heteroatoms. The van der Waals surface area contributed by atoms with Gasteiger partial charge in [0.15, 0.2) is 6.10 Å². The number of ether oxygens (including phenoxy) is 1. The zero-order valence-corrected chi connectivity index (χ0v) is 17.4. The second-order valence-electron chi connectivity index (χ2n) is 6.80. The van der Waals surface area contributed by atoms with Crippen LogP contribution in [0.25, 0.3) is 0 Å². The minimum Gasteiger partial charge on any atom is -0.449 e. The number of amides is 2. The Kier molecular flexibility index (Phi) is 8.13. The number of benzene rings is 1. The van der Waals surface area contributed by atoms with E-state index in [0.29, 0.717) is 0 Å². The van der Waals surface area contributed by atoms with Crippen molar-refractivity contribution in [1.82, 2.24) is 9.62 Å². The topological polar surface area (TPSA) is 136 Å². The number of carbonyl (C=O) groups is 3. The average Bonchev–Trinajstić information content (AvgIpc) is 2.59. The van der Waals surface area contributed by atoms with E-state index in [9.17, 15) is 22.8 Å². The van der Waals surface area contributed by atoms with Crippen LogP contribution in [0.4, 0.5) is 0 Å². The first-order chi connectivity index (χ1) is 12.9. The van der Waals surface area contributed by atoms with Crippen LogP contribution in [-0.2, 0) is 24.3 Å². The molecule has 0 unspecified atom stereocenters. The van der Waals surface area contributed by atoms with Gasteiger partial charge < -0.3 is 15.4 Å². The minimum atomic E-state index is -3.93. The summed E-state index contributed by atoms with van der Waals surface area (Å²) in [5, 5.41) is 0. The Morgan fingerprint density at radius 1 is 1.04 bits per heavy atom. The van der Waals surface area contributed by atoms with E-state index >= 15 is 0 Å².